The van der Waals surface area contributed by atoms with Crippen LogP contribution in [0.2, 0.25) is 0 Å². The quantitative estimate of drug-likeness (QED) is 0.765. The van der Waals surface area contributed by atoms with E-state index < -0.39 is 5.97 Å². The van der Waals surface area contributed by atoms with E-state index in [-0.39, 0.29) is 11.7 Å². The molecule has 1 atom stereocenters. The molecule has 13 heavy (non-hydrogen) atoms. The minimum atomic E-state index is -0.731. The summed E-state index contributed by atoms with van der Waals surface area (Å²) in [7, 11) is 0. The lowest BCUT2D eigenvalue weighted by molar-refractivity contribution is -0.137. The van der Waals surface area contributed by atoms with Gasteiger partial charge in [-0.1, -0.05) is 0 Å². The Morgan fingerprint density at radius 3 is 3.00 bits per heavy atom. The van der Waals surface area contributed by atoms with Crippen molar-refractivity contribution in [3.8, 4) is 0 Å². The molecule has 0 fully saturated rings. The van der Waals surface area contributed by atoms with Crippen molar-refractivity contribution >= 4 is 17.7 Å². The maximum atomic E-state index is 10.4. The van der Waals surface area contributed by atoms with Gasteiger partial charge in [-0.3, -0.25) is 4.79 Å². The third kappa shape index (κ3) is 3.14. The smallest absolute Gasteiger partial charge is 0.303 e. The number of aliphatic carboxylic acids is 1. The number of hydrogen-bond donors (Lipinski definition) is 2. The monoisotopic (exact) mass is 199 g/mol. The van der Waals surface area contributed by atoms with Crippen LogP contribution in [0.25, 0.3) is 0 Å². The fourth-order valence-electron chi connectivity index (χ4n) is 1.20. The molecule has 0 radical (unpaired) electrons. The predicted molar refractivity (Wildman–Crippen MR) is 53.9 cm³/mol. The van der Waals surface area contributed by atoms with Gasteiger partial charge in [-0.15, -0.1) is 0 Å². The van der Waals surface area contributed by atoms with Gasteiger partial charge in [0.05, 0.1) is 0 Å². The average molecular weight is 199 g/mol. The summed E-state index contributed by atoms with van der Waals surface area (Å²) in [5.41, 5.74) is 1.11. The zero-order chi connectivity index (χ0) is 9.68. The Morgan fingerprint density at radius 1 is 1.77 bits per heavy atom. The molecule has 0 saturated carbocycles. The normalized spacial score (nSPS) is 12.7. The van der Waals surface area contributed by atoms with Crippen molar-refractivity contribution in [3.63, 3.8) is 0 Å². The fraction of sp³-hybridized carbons (Fsp3) is 0.444. The highest BCUT2D eigenvalue weighted by Gasteiger charge is 2.11. The Bertz CT molecular complexity index is 259. The summed E-state index contributed by atoms with van der Waals surface area (Å²) in [6, 6.07) is 3.92. The molecule has 0 saturated heterocycles. The molecule has 72 valence electrons. The van der Waals surface area contributed by atoms with E-state index in [0.717, 1.165) is 5.69 Å². The number of aromatic amines is 1. The van der Waals surface area contributed by atoms with E-state index in [0.29, 0.717) is 6.42 Å². The van der Waals surface area contributed by atoms with E-state index >= 15 is 0 Å². The molecular weight excluding hydrogens is 186 g/mol. The summed E-state index contributed by atoms with van der Waals surface area (Å²) in [6.07, 6.45) is 4.76. The molecular formula is C9H13NO2S. The van der Waals surface area contributed by atoms with Gasteiger partial charge < -0.3 is 10.1 Å². The minimum absolute atomic E-state index is 0.227. The van der Waals surface area contributed by atoms with Crippen molar-refractivity contribution in [2.45, 2.75) is 18.1 Å². The number of hydrogen-bond acceptors (Lipinski definition) is 2. The maximum absolute atomic E-state index is 10.4. The van der Waals surface area contributed by atoms with Gasteiger partial charge in [-0.2, -0.15) is 11.8 Å². The molecule has 1 aromatic rings. The highest BCUT2D eigenvalue weighted by molar-refractivity contribution is 7.98. The van der Waals surface area contributed by atoms with Crippen LogP contribution in [-0.2, 0) is 4.79 Å². The number of thioether (sulfide) groups is 1. The molecule has 0 aliphatic carbocycles. The first-order valence-electron chi connectivity index (χ1n) is 4.12. The van der Waals surface area contributed by atoms with Gasteiger partial charge in [0.15, 0.2) is 0 Å². The Hall–Kier alpha value is -0.900. The molecule has 2 N–H and O–H groups in total. The molecule has 0 bridgehead atoms. The summed E-state index contributed by atoms with van der Waals surface area (Å²) in [4.78, 5) is 13.5. The zero-order valence-corrected chi connectivity index (χ0v) is 8.30. The Kier molecular flexibility index (Phi) is 3.89. The molecule has 1 rings (SSSR count). The van der Waals surface area contributed by atoms with Crippen molar-refractivity contribution in [2.75, 3.05) is 6.26 Å². The van der Waals surface area contributed by atoms with E-state index in [1.54, 1.807) is 11.8 Å². The van der Waals surface area contributed by atoms with Crippen LogP contribution in [0.3, 0.4) is 0 Å². The lowest BCUT2D eigenvalue weighted by Crippen LogP contribution is -2.00. The molecule has 1 aromatic heterocycles. The highest BCUT2D eigenvalue weighted by Crippen LogP contribution is 2.29. The van der Waals surface area contributed by atoms with E-state index in [1.807, 2.05) is 24.6 Å². The molecule has 0 spiro atoms. The summed E-state index contributed by atoms with van der Waals surface area (Å²) >= 11 is 1.68. The number of nitrogens with one attached hydrogen (secondary N) is 1. The second kappa shape index (κ2) is 4.97. The number of rotatable bonds is 5. The fourth-order valence-corrected chi connectivity index (χ4v) is 1.95. The second-order valence-corrected chi connectivity index (χ2v) is 3.82. The maximum Gasteiger partial charge on any atom is 0.303 e. The molecule has 1 unspecified atom stereocenters. The van der Waals surface area contributed by atoms with Crippen molar-refractivity contribution in [3.05, 3.63) is 24.0 Å². The Labute approximate surface area is 81.5 Å². The van der Waals surface area contributed by atoms with Crippen LogP contribution in [0.5, 0.6) is 0 Å². The van der Waals surface area contributed by atoms with Crippen LogP contribution in [0.1, 0.15) is 23.8 Å². The highest BCUT2D eigenvalue weighted by atomic mass is 32.2. The Morgan fingerprint density at radius 2 is 2.54 bits per heavy atom. The molecule has 4 heteroatoms. The Balaban J connectivity index is 2.49. The van der Waals surface area contributed by atoms with Crippen molar-refractivity contribution in [1.29, 1.82) is 0 Å². The van der Waals surface area contributed by atoms with Crippen LogP contribution in [0.4, 0.5) is 0 Å². The van der Waals surface area contributed by atoms with Gasteiger partial charge in [0.1, 0.15) is 0 Å². The first-order valence-corrected chi connectivity index (χ1v) is 5.40. The van der Waals surface area contributed by atoms with Crippen molar-refractivity contribution < 1.29 is 9.90 Å². The van der Waals surface area contributed by atoms with Crippen LogP contribution in [0, 0.1) is 0 Å². The van der Waals surface area contributed by atoms with Crippen molar-refractivity contribution in [1.82, 2.24) is 4.98 Å². The van der Waals surface area contributed by atoms with Gasteiger partial charge in [-0.25, -0.2) is 0 Å². The first kappa shape index (κ1) is 10.2. The molecule has 1 heterocycles. The summed E-state index contributed by atoms with van der Waals surface area (Å²) < 4.78 is 0. The van der Waals surface area contributed by atoms with Gasteiger partial charge >= 0.3 is 5.97 Å². The number of H-pyrrole nitrogens is 1. The lowest BCUT2D eigenvalue weighted by atomic mass is 10.2. The minimum Gasteiger partial charge on any atom is -0.481 e. The van der Waals surface area contributed by atoms with Crippen molar-refractivity contribution in [2.24, 2.45) is 0 Å². The average Bonchev–Trinajstić information content (AvgIpc) is 2.58. The topological polar surface area (TPSA) is 53.1 Å². The van der Waals surface area contributed by atoms with E-state index in [4.69, 9.17) is 5.11 Å². The number of aromatic nitrogens is 1. The van der Waals surface area contributed by atoms with Gasteiger partial charge in [0, 0.05) is 23.6 Å². The van der Waals surface area contributed by atoms with Gasteiger partial charge in [0.2, 0.25) is 0 Å². The van der Waals surface area contributed by atoms with Crippen LogP contribution in [-0.4, -0.2) is 22.3 Å². The first-order chi connectivity index (χ1) is 6.24. The lowest BCUT2D eigenvalue weighted by Gasteiger charge is -2.10. The number of carboxylic acid groups (broad SMARTS) is 1. The van der Waals surface area contributed by atoms with Crippen LogP contribution < -0.4 is 0 Å². The third-order valence-corrected chi connectivity index (χ3v) is 2.93. The molecule has 3 nitrogen and oxygen atoms in total. The molecule has 0 aliphatic rings. The summed E-state index contributed by atoms with van der Waals surface area (Å²) in [5, 5.41) is 8.81. The van der Waals surface area contributed by atoms with Crippen LogP contribution in [0.15, 0.2) is 18.3 Å². The third-order valence-electron chi connectivity index (χ3n) is 1.87. The standard InChI is InChI=1S/C9H13NO2S/c1-13-8(4-5-9(11)12)7-3-2-6-10-7/h2-3,6,8,10H,4-5H2,1H3,(H,11,12). The SMILES string of the molecule is CSC(CCC(=O)O)c1ccc[nH]1. The summed E-state index contributed by atoms with van der Waals surface area (Å²) in [5.74, 6) is -0.731. The molecule has 0 aromatic carbocycles. The summed E-state index contributed by atoms with van der Waals surface area (Å²) in [6.45, 7) is 0. The van der Waals surface area contributed by atoms with E-state index in [1.165, 1.54) is 0 Å². The number of carboxylic acids is 1. The predicted octanol–water partition coefficient (Wildman–Crippen LogP) is 2.28. The van der Waals surface area contributed by atoms with Gasteiger partial charge in [0.25, 0.3) is 0 Å². The largest absolute Gasteiger partial charge is 0.481 e. The number of carbonyl (C=O) groups is 1. The van der Waals surface area contributed by atoms with Gasteiger partial charge in [-0.05, 0) is 24.8 Å². The zero-order valence-electron chi connectivity index (χ0n) is 7.49. The molecule has 0 amide bonds. The second-order valence-electron chi connectivity index (χ2n) is 2.78. The molecule has 0 aliphatic heterocycles. The van der Waals surface area contributed by atoms with E-state index in [2.05, 4.69) is 4.98 Å². The van der Waals surface area contributed by atoms with E-state index in [9.17, 15) is 4.79 Å². The van der Waals surface area contributed by atoms with Crippen LogP contribution >= 0.6 is 11.8 Å².